The van der Waals surface area contributed by atoms with E-state index >= 15 is 0 Å². The molecule has 0 radical (unpaired) electrons. The van der Waals surface area contributed by atoms with Gasteiger partial charge in [0.15, 0.2) is 0 Å². The first-order valence-electron chi connectivity index (χ1n) is 6.78. The number of hydrogen-bond acceptors (Lipinski definition) is 4. The smallest absolute Gasteiger partial charge is 0.338 e. The summed E-state index contributed by atoms with van der Waals surface area (Å²) in [5, 5.41) is 3.30. The molecule has 1 aromatic rings. The zero-order valence-corrected chi connectivity index (χ0v) is 11.6. The van der Waals surface area contributed by atoms with Crippen molar-refractivity contribution >= 4 is 5.97 Å². The molecule has 0 saturated heterocycles. The van der Waals surface area contributed by atoms with E-state index in [0.717, 1.165) is 19.5 Å². The molecule has 1 heterocycles. The quantitative estimate of drug-likeness (QED) is 0.651. The van der Waals surface area contributed by atoms with Gasteiger partial charge in [0, 0.05) is 6.54 Å². The maximum absolute atomic E-state index is 11.9. The van der Waals surface area contributed by atoms with Crippen LogP contribution in [-0.2, 0) is 22.4 Å². The summed E-state index contributed by atoms with van der Waals surface area (Å²) in [4.78, 5) is 11.9. The number of benzene rings is 1. The fraction of sp³-hybridized carbons (Fsp3) is 0.533. The van der Waals surface area contributed by atoms with Gasteiger partial charge >= 0.3 is 5.97 Å². The Hall–Kier alpha value is -1.39. The second-order valence-corrected chi connectivity index (χ2v) is 4.97. The van der Waals surface area contributed by atoms with Crippen molar-refractivity contribution in [3.63, 3.8) is 0 Å². The van der Waals surface area contributed by atoms with E-state index in [0.29, 0.717) is 18.8 Å². The van der Waals surface area contributed by atoms with Crippen LogP contribution < -0.4 is 5.32 Å². The highest BCUT2D eigenvalue weighted by Gasteiger charge is 2.13. The third-order valence-corrected chi connectivity index (χ3v) is 3.10. The SMILES string of the molecule is CC(C)OCCOC(=O)c1ccc2c(c1)CNCC2. The van der Waals surface area contributed by atoms with E-state index in [9.17, 15) is 4.79 Å². The zero-order chi connectivity index (χ0) is 13.7. The molecule has 19 heavy (non-hydrogen) atoms. The van der Waals surface area contributed by atoms with Crippen LogP contribution in [-0.4, -0.2) is 31.8 Å². The largest absolute Gasteiger partial charge is 0.460 e. The molecule has 2 rings (SSSR count). The van der Waals surface area contributed by atoms with Gasteiger partial charge in [0.25, 0.3) is 0 Å². The first-order chi connectivity index (χ1) is 9.16. The predicted octanol–water partition coefficient (Wildman–Crippen LogP) is 1.91. The summed E-state index contributed by atoms with van der Waals surface area (Å²) >= 11 is 0. The van der Waals surface area contributed by atoms with Crippen molar-refractivity contribution in [3.8, 4) is 0 Å². The van der Waals surface area contributed by atoms with E-state index in [1.54, 1.807) is 0 Å². The molecule has 4 nitrogen and oxygen atoms in total. The molecule has 1 aliphatic heterocycles. The molecule has 1 aliphatic rings. The monoisotopic (exact) mass is 263 g/mol. The first-order valence-corrected chi connectivity index (χ1v) is 6.78. The molecule has 104 valence electrons. The summed E-state index contributed by atoms with van der Waals surface area (Å²) < 4.78 is 10.5. The first kappa shape index (κ1) is 14.0. The standard InChI is InChI=1S/C15H21NO3/c1-11(2)18-7-8-19-15(17)13-4-3-12-5-6-16-10-14(12)9-13/h3-4,9,11,16H,5-8,10H2,1-2H3. The van der Waals surface area contributed by atoms with Crippen LogP contribution in [0.15, 0.2) is 18.2 Å². The Morgan fingerprint density at radius 3 is 2.95 bits per heavy atom. The Balaban J connectivity index is 1.88. The van der Waals surface area contributed by atoms with Gasteiger partial charge in [-0.3, -0.25) is 0 Å². The van der Waals surface area contributed by atoms with E-state index in [1.807, 2.05) is 32.0 Å². The topological polar surface area (TPSA) is 47.6 Å². The Labute approximate surface area is 114 Å². The summed E-state index contributed by atoms with van der Waals surface area (Å²) in [5.41, 5.74) is 3.13. The van der Waals surface area contributed by atoms with Gasteiger partial charge in [0.05, 0.1) is 18.3 Å². The summed E-state index contributed by atoms with van der Waals surface area (Å²) in [6.45, 7) is 6.48. The third-order valence-electron chi connectivity index (χ3n) is 3.10. The molecule has 4 heteroatoms. The molecular formula is C15H21NO3. The van der Waals surface area contributed by atoms with Crippen molar-refractivity contribution in [1.29, 1.82) is 0 Å². The number of carbonyl (C=O) groups is 1. The third kappa shape index (κ3) is 4.04. The van der Waals surface area contributed by atoms with Crippen LogP contribution in [0, 0.1) is 0 Å². The molecule has 0 bridgehead atoms. The van der Waals surface area contributed by atoms with Crippen LogP contribution >= 0.6 is 0 Å². The molecule has 0 unspecified atom stereocenters. The van der Waals surface area contributed by atoms with Crippen LogP contribution in [0.4, 0.5) is 0 Å². The maximum atomic E-state index is 11.9. The van der Waals surface area contributed by atoms with Crippen LogP contribution in [0.3, 0.4) is 0 Å². The van der Waals surface area contributed by atoms with E-state index in [2.05, 4.69) is 5.32 Å². The van der Waals surface area contributed by atoms with Gasteiger partial charge in [-0.05, 0) is 50.1 Å². The zero-order valence-electron chi connectivity index (χ0n) is 11.6. The number of esters is 1. The predicted molar refractivity (Wildman–Crippen MR) is 73.2 cm³/mol. The van der Waals surface area contributed by atoms with Gasteiger partial charge in [0.1, 0.15) is 6.61 Å². The maximum Gasteiger partial charge on any atom is 0.338 e. The van der Waals surface area contributed by atoms with Crippen LogP contribution in [0.1, 0.15) is 35.3 Å². The molecule has 1 N–H and O–H groups in total. The van der Waals surface area contributed by atoms with Gasteiger partial charge in [-0.2, -0.15) is 0 Å². The van der Waals surface area contributed by atoms with E-state index in [1.165, 1.54) is 11.1 Å². The Morgan fingerprint density at radius 2 is 2.16 bits per heavy atom. The molecule has 0 fully saturated rings. The van der Waals surface area contributed by atoms with Crippen molar-refractivity contribution in [3.05, 3.63) is 34.9 Å². The van der Waals surface area contributed by atoms with E-state index in [4.69, 9.17) is 9.47 Å². The normalized spacial score (nSPS) is 14.3. The lowest BCUT2D eigenvalue weighted by Gasteiger charge is -2.17. The molecular weight excluding hydrogens is 242 g/mol. The number of fused-ring (bicyclic) bond motifs is 1. The number of hydrogen-bond donors (Lipinski definition) is 1. The van der Waals surface area contributed by atoms with Crippen LogP contribution in [0.2, 0.25) is 0 Å². The summed E-state index contributed by atoms with van der Waals surface area (Å²) in [6.07, 6.45) is 1.18. The minimum absolute atomic E-state index is 0.161. The van der Waals surface area contributed by atoms with Gasteiger partial charge < -0.3 is 14.8 Å². The van der Waals surface area contributed by atoms with Gasteiger partial charge in [-0.15, -0.1) is 0 Å². The molecule has 0 saturated carbocycles. The lowest BCUT2D eigenvalue weighted by atomic mass is 9.99. The molecule has 1 aromatic carbocycles. The minimum Gasteiger partial charge on any atom is -0.460 e. The lowest BCUT2D eigenvalue weighted by molar-refractivity contribution is 0.0177. The van der Waals surface area contributed by atoms with Crippen molar-refractivity contribution in [2.75, 3.05) is 19.8 Å². The average Bonchev–Trinajstić information content (AvgIpc) is 2.42. The van der Waals surface area contributed by atoms with Gasteiger partial charge in [-0.25, -0.2) is 4.79 Å². The fourth-order valence-corrected chi connectivity index (χ4v) is 2.11. The summed E-state index contributed by atoms with van der Waals surface area (Å²) in [5.74, 6) is -0.277. The second kappa shape index (κ2) is 6.68. The molecule has 0 amide bonds. The number of rotatable bonds is 5. The highest BCUT2D eigenvalue weighted by molar-refractivity contribution is 5.89. The molecule has 0 spiro atoms. The lowest BCUT2D eigenvalue weighted by Crippen LogP contribution is -2.24. The summed E-state index contributed by atoms with van der Waals surface area (Å²) in [7, 11) is 0. The highest BCUT2D eigenvalue weighted by Crippen LogP contribution is 2.16. The van der Waals surface area contributed by atoms with Gasteiger partial charge in [-0.1, -0.05) is 6.07 Å². The van der Waals surface area contributed by atoms with Crippen molar-refractivity contribution in [2.45, 2.75) is 32.9 Å². The number of ether oxygens (including phenoxy) is 2. The van der Waals surface area contributed by atoms with E-state index in [-0.39, 0.29) is 12.1 Å². The molecule has 0 atom stereocenters. The van der Waals surface area contributed by atoms with Crippen LogP contribution in [0.25, 0.3) is 0 Å². The minimum atomic E-state index is -0.277. The highest BCUT2D eigenvalue weighted by atomic mass is 16.6. The van der Waals surface area contributed by atoms with Crippen molar-refractivity contribution in [2.24, 2.45) is 0 Å². The molecule has 0 aromatic heterocycles. The van der Waals surface area contributed by atoms with Crippen molar-refractivity contribution in [1.82, 2.24) is 5.32 Å². The molecule has 0 aliphatic carbocycles. The number of carbonyl (C=O) groups excluding carboxylic acids is 1. The fourth-order valence-electron chi connectivity index (χ4n) is 2.11. The van der Waals surface area contributed by atoms with Gasteiger partial charge in [0.2, 0.25) is 0 Å². The summed E-state index contributed by atoms with van der Waals surface area (Å²) in [6, 6.07) is 5.79. The number of nitrogens with one attached hydrogen (secondary N) is 1. The van der Waals surface area contributed by atoms with E-state index < -0.39 is 0 Å². The Kier molecular flexibility index (Phi) is 4.93. The second-order valence-electron chi connectivity index (χ2n) is 4.97. The average molecular weight is 263 g/mol. The Morgan fingerprint density at radius 1 is 1.32 bits per heavy atom. The van der Waals surface area contributed by atoms with Crippen LogP contribution in [0.5, 0.6) is 0 Å². The Bertz CT molecular complexity index is 443. The van der Waals surface area contributed by atoms with Crippen molar-refractivity contribution < 1.29 is 14.3 Å².